The average molecular weight is 216 g/mol. The topological polar surface area (TPSA) is 74.2 Å². The summed E-state index contributed by atoms with van der Waals surface area (Å²) < 4.78 is 21.4. The van der Waals surface area contributed by atoms with Crippen LogP contribution in [0.5, 0.6) is 0 Å². The van der Waals surface area contributed by atoms with Crippen molar-refractivity contribution in [3.05, 3.63) is 0 Å². The van der Waals surface area contributed by atoms with Crippen LogP contribution >= 0.6 is 0 Å². The highest BCUT2D eigenvalue weighted by Crippen LogP contribution is 2.42. The third kappa shape index (κ3) is 1.22. The van der Waals surface area contributed by atoms with E-state index in [1.807, 2.05) is 0 Å². The Morgan fingerprint density at radius 2 is 1.93 bits per heavy atom. The standard InChI is InChI=1S/C9H12O6/c1-9(2)14-6-5-4(13-8(6)15-9)3(10)7(11)12-5/h3-6,8,10H,1-2H3/t3-,4-,5+,6-,8-/m1/s1. The molecule has 0 radical (unpaired) electrons. The van der Waals surface area contributed by atoms with Crippen LogP contribution in [0.4, 0.5) is 0 Å². The molecule has 6 nitrogen and oxygen atoms in total. The summed E-state index contributed by atoms with van der Waals surface area (Å²) >= 11 is 0. The molecular formula is C9H12O6. The van der Waals surface area contributed by atoms with Crippen molar-refractivity contribution in [2.45, 2.75) is 50.3 Å². The first-order valence-corrected chi connectivity index (χ1v) is 4.88. The number of rotatable bonds is 0. The van der Waals surface area contributed by atoms with Crippen LogP contribution in [0, 0.1) is 0 Å². The van der Waals surface area contributed by atoms with Crippen LogP contribution in [-0.4, -0.2) is 47.6 Å². The van der Waals surface area contributed by atoms with Gasteiger partial charge in [-0.15, -0.1) is 0 Å². The maximum Gasteiger partial charge on any atom is 0.338 e. The molecule has 3 aliphatic rings. The van der Waals surface area contributed by atoms with Crippen LogP contribution in [0.3, 0.4) is 0 Å². The van der Waals surface area contributed by atoms with E-state index in [1.165, 1.54) is 0 Å². The minimum Gasteiger partial charge on any atom is -0.454 e. The number of hydrogen-bond donors (Lipinski definition) is 1. The van der Waals surface area contributed by atoms with Gasteiger partial charge < -0.3 is 24.1 Å². The van der Waals surface area contributed by atoms with Gasteiger partial charge in [0.1, 0.15) is 6.10 Å². The summed E-state index contributed by atoms with van der Waals surface area (Å²) in [5.74, 6) is -1.39. The third-order valence-electron chi connectivity index (χ3n) is 2.83. The Kier molecular flexibility index (Phi) is 1.72. The van der Waals surface area contributed by atoms with E-state index in [9.17, 15) is 9.90 Å². The minimum atomic E-state index is -1.23. The molecule has 0 aromatic carbocycles. The lowest BCUT2D eigenvalue weighted by Gasteiger charge is -2.20. The monoisotopic (exact) mass is 216 g/mol. The van der Waals surface area contributed by atoms with Crippen LogP contribution in [0.25, 0.3) is 0 Å². The second kappa shape index (κ2) is 2.70. The first kappa shape index (κ1) is 9.53. The smallest absolute Gasteiger partial charge is 0.338 e. The van der Waals surface area contributed by atoms with E-state index < -0.39 is 42.5 Å². The van der Waals surface area contributed by atoms with E-state index in [4.69, 9.17) is 18.9 Å². The second-order valence-electron chi connectivity index (χ2n) is 4.42. The number of esters is 1. The van der Waals surface area contributed by atoms with Gasteiger partial charge in [-0.1, -0.05) is 0 Å². The lowest BCUT2D eigenvalue weighted by Crippen LogP contribution is -2.35. The third-order valence-corrected chi connectivity index (χ3v) is 2.83. The molecule has 15 heavy (non-hydrogen) atoms. The minimum absolute atomic E-state index is 0.439. The van der Waals surface area contributed by atoms with Crippen molar-refractivity contribution in [1.29, 1.82) is 0 Å². The quantitative estimate of drug-likeness (QED) is 0.532. The lowest BCUT2D eigenvalue weighted by atomic mass is 10.1. The molecular weight excluding hydrogens is 204 g/mol. The maximum atomic E-state index is 11.1. The molecule has 0 aromatic rings. The zero-order valence-electron chi connectivity index (χ0n) is 8.38. The molecule has 0 unspecified atom stereocenters. The second-order valence-corrected chi connectivity index (χ2v) is 4.42. The molecule has 0 aliphatic carbocycles. The molecule has 84 valence electrons. The fourth-order valence-corrected chi connectivity index (χ4v) is 2.23. The van der Waals surface area contributed by atoms with Crippen LogP contribution < -0.4 is 0 Å². The summed E-state index contributed by atoms with van der Waals surface area (Å²) in [6.07, 6.45) is -3.44. The number of aliphatic hydroxyl groups excluding tert-OH is 1. The maximum absolute atomic E-state index is 11.1. The predicted octanol–water partition coefficient (Wildman–Crippen LogP) is -0.851. The predicted molar refractivity (Wildman–Crippen MR) is 44.6 cm³/mol. The average Bonchev–Trinajstić information content (AvgIpc) is 2.66. The number of carbonyl (C=O) groups is 1. The number of carbonyl (C=O) groups excluding carboxylic acids is 1. The van der Waals surface area contributed by atoms with Gasteiger partial charge >= 0.3 is 5.97 Å². The van der Waals surface area contributed by atoms with Gasteiger partial charge in [-0.05, 0) is 13.8 Å². The zero-order chi connectivity index (χ0) is 10.8. The van der Waals surface area contributed by atoms with Gasteiger partial charge in [0, 0.05) is 0 Å². The van der Waals surface area contributed by atoms with Crippen molar-refractivity contribution in [2.75, 3.05) is 0 Å². The molecule has 5 atom stereocenters. The van der Waals surface area contributed by atoms with E-state index >= 15 is 0 Å². The van der Waals surface area contributed by atoms with E-state index in [0.717, 1.165) is 0 Å². The first-order chi connectivity index (χ1) is 6.98. The highest BCUT2D eigenvalue weighted by Gasteiger charge is 2.62. The molecule has 0 aromatic heterocycles. The molecule has 3 saturated heterocycles. The highest BCUT2D eigenvalue weighted by atomic mass is 16.8. The highest BCUT2D eigenvalue weighted by molar-refractivity contribution is 5.78. The number of aliphatic hydroxyl groups is 1. The van der Waals surface area contributed by atoms with E-state index in [2.05, 4.69) is 0 Å². The summed E-state index contributed by atoms with van der Waals surface area (Å²) in [6.45, 7) is 3.52. The molecule has 0 saturated carbocycles. The number of fused-ring (bicyclic) bond motifs is 3. The Morgan fingerprint density at radius 3 is 2.67 bits per heavy atom. The fraction of sp³-hybridized carbons (Fsp3) is 0.889. The summed E-state index contributed by atoms with van der Waals surface area (Å²) in [5, 5.41) is 9.44. The van der Waals surface area contributed by atoms with Crippen molar-refractivity contribution in [3.8, 4) is 0 Å². The van der Waals surface area contributed by atoms with Gasteiger partial charge in [0.15, 0.2) is 30.4 Å². The van der Waals surface area contributed by atoms with Gasteiger partial charge in [-0.25, -0.2) is 4.79 Å². The molecule has 0 amide bonds. The van der Waals surface area contributed by atoms with E-state index in [1.54, 1.807) is 13.8 Å². The van der Waals surface area contributed by atoms with Crippen molar-refractivity contribution >= 4 is 5.97 Å². The van der Waals surface area contributed by atoms with Gasteiger partial charge in [-0.3, -0.25) is 0 Å². The van der Waals surface area contributed by atoms with Gasteiger partial charge in [0.25, 0.3) is 0 Å². The molecule has 3 rings (SSSR count). The zero-order valence-corrected chi connectivity index (χ0v) is 8.38. The van der Waals surface area contributed by atoms with Crippen LogP contribution in [0.15, 0.2) is 0 Å². The summed E-state index contributed by atoms with van der Waals surface area (Å²) in [6, 6.07) is 0. The van der Waals surface area contributed by atoms with E-state index in [-0.39, 0.29) is 0 Å². The Hall–Kier alpha value is -0.690. The molecule has 3 fully saturated rings. The largest absolute Gasteiger partial charge is 0.454 e. The van der Waals surface area contributed by atoms with Gasteiger partial charge in [-0.2, -0.15) is 0 Å². The van der Waals surface area contributed by atoms with Crippen molar-refractivity contribution in [3.63, 3.8) is 0 Å². The summed E-state index contributed by atoms with van der Waals surface area (Å²) in [4.78, 5) is 11.1. The fourth-order valence-electron chi connectivity index (χ4n) is 2.23. The molecule has 6 heteroatoms. The SMILES string of the molecule is CC1(C)O[C@H]2O[C@H]3[C@H](OC(=O)[C@@H]3O)[C@H]2O1. The summed E-state index contributed by atoms with van der Waals surface area (Å²) in [5.41, 5.74) is 0. The Balaban J connectivity index is 1.83. The number of hydrogen-bond acceptors (Lipinski definition) is 6. The Labute approximate surface area is 86.1 Å². The van der Waals surface area contributed by atoms with E-state index in [0.29, 0.717) is 0 Å². The molecule has 0 bridgehead atoms. The summed E-state index contributed by atoms with van der Waals surface area (Å²) in [7, 11) is 0. The Bertz CT molecular complexity index is 314. The number of ether oxygens (including phenoxy) is 4. The van der Waals surface area contributed by atoms with Crippen molar-refractivity contribution < 1.29 is 28.8 Å². The molecule has 3 heterocycles. The molecule has 1 N–H and O–H groups in total. The van der Waals surface area contributed by atoms with Crippen LogP contribution in [-0.2, 0) is 23.7 Å². The van der Waals surface area contributed by atoms with Crippen molar-refractivity contribution in [1.82, 2.24) is 0 Å². The van der Waals surface area contributed by atoms with Gasteiger partial charge in [0.2, 0.25) is 0 Å². The normalized spacial score (nSPS) is 51.4. The van der Waals surface area contributed by atoms with Crippen molar-refractivity contribution in [2.24, 2.45) is 0 Å². The van der Waals surface area contributed by atoms with Crippen LogP contribution in [0.2, 0.25) is 0 Å². The van der Waals surface area contributed by atoms with Crippen LogP contribution in [0.1, 0.15) is 13.8 Å². The Morgan fingerprint density at radius 1 is 1.20 bits per heavy atom. The first-order valence-electron chi connectivity index (χ1n) is 4.88. The molecule has 3 aliphatic heterocycles. The molecule has 0 spiro atoms. The van der Waals surface area contributed by atoms with Gasteiger partial charge in [0.05, 0.1) is 0 Å². The lowest BCUT2D eigenvalue weighted by molar-refractivity contribution is -0.214.